The number of anilines is 1. The first-order valence-corrected chi connectivity index (χ1v) is 10.6. The van der Waals surface area contributed by atoms with Crippen LogP contribution in [0.2, 0.25) is 5.15 Å². The van der Waals surface area contributed by atoms with E-state index < -0.39 is 0 Å². The topological polar surface area (TPSA) is 60.2 Å². The number of rotatable bonds is 3. The zero-order valence-electron chi connectivity index (χ0n) is 17.2. The number of amides is 1. The van der Waals surface area contributed by atoms with Gasteiger partial charge in [0.2, 0.25) is 5.88 Å². The number of para-hydroxylation sites is 1. The molecule has 7 heteroatoms. The Morgan fingerprint density at radius 1 is 1.06 bits per heavy atom. The van der Waals surface area contributed by atoms with Crippen LogP contribution in [0, 0.1) is 0 Å². The summed E-state index contributed by atoms with van der Waals surface area (Å²) >= 11 is 6.21. The van der Waals surface area contributed by atoms with E-state index in [0.29, 0.717) is 19.1 Å². The van der Waals surface area contributed by atoms with Gasteiger partial charge in [-0.05, 0) is 41.8 Å². The van der Waals surface area contributed by atoms with Gasteiger partial charge in [0.25, 0.3) is 5.91 Å². The van der Waals surface area contributed by atoms with Gasteiger partial charge in [-0.15, -0.1) is 0 Å². The van der Waals surface area contributed by atoms with Crippen LogP contribution in [0.4, 0.5) is 5.69 Å². The molecule has 6 nitrogen and oxygen atoms in total. The van der Waals surface area contributed by atoms with E-state index in [2.05, 4.69) is 58.8 Å². The predicted molar refractivity (Wildman–Crippen MR) is 122 cm³/mol. The highest BCUT2D eigenvalue weighted by molar-refractivity contribution is 6.33. The lowest BCUT2D eigenvalue weighted by Crippen LogP contribution is -2.32. The zero-order valence-corrected chi connectivity index (χ0v) is 18.0. The van der Waals surface area contributed by atoms with Crippen LogP contribution in [0.3, 0.4) is 0 Å². The Hall–Kier alpha value is -3.38. The maximum Gasteiger partial charge on any atom is 0.267 e. The molecule has 0 saturated carbocycles. The van der Waals surface area contributed by atoms with Crippen molar-refractivity contribution in [1.29, 1.82) is 0 Å². The van der Waals surface area contributed by atoms with Crippen molar-refractivity contribution >= 4 is 34.1 Å². The molecule has 3 heterocycles. The van der Waals surface area contributed by atoms with Gasteiger partial charge in [-0.3, -0.25) is 4.79 Å². The lowest BCUT2D eigenvalue weighted by Gasteiger charge is -2.20. The Morgan fingerprint density at radius 3 is 2.65 bits per heavy atom. The Balaban J connectivity index is 1.64. The van der Waals surface area contributed by atoms with Gasteiger partial charge in [0.15, 0.2) is 0 Å². The SMILES string of the molecule is CC(C)c1cn(-c2ccccc2)c2ccc(N3CCOc4ncnc(Cl)c4C3=O)cc12. The summed E-state index contributed by atoms with van der Waals surface area (Å²) < 4.78 is 7.86. The number of nitrogens with zero attached hydrogens (tertiary/aromatic N) is 4. The number of halogens is 1. The van der Waals surface area contributed by atoms with Crippen LogP contribution >= 0.6 is 11.6 Å². The van der Waals surface area contributed by atoms with E-state index in [0.717, 1.165) is 22.3 Å². The van der Waals surface area contributed by atoms with E-state index in [9.17, 15) is 4.79 Å². The smallest absolute Gasteiger partial charge is 0.267 e. The second-order valence-electron chi connectivity index (χ2n) is 7.80. The van der Waals surface area contributed by atoms with Crippen molar-refractivity contribution in [1.82, 2.24) is 14.5 Å². The van der Waals surface area contributed by atoms with Crippen LogP contribution in [-0.4, -0.2) is 33.6 Å². The molecular weight excluding hydrogens is 412 g/mol. The maximum absolute atomic E-state index is 13.3. The number of aromatic nitrogens is 3. The maximum atomic E-state index is 13.3. The fraction of sp³-hybridized carbons (Fsp3) is 0.208. The minimum Gasteiger partial charge on any atom is -0.475 e. The van der Waals surface area contributed by atoms with Crippen LogP contribution in [-0.2, 0) is 0 Å². The number of hydrogen-bond acceptors (Lipinski definition) is 4. The van der Waals surface area contributed by atoms with Crippen molar-refractivity contribution in [3.8, 4) is 11.6 Å². The highest BCUT2D eigenvalue weighted by atomic mass is 35.5. The summed E-state index contributed by atoms with van der Waals surface area (Å²) in [5.41, 5.74) is 4.42. The van der Waals surface area contributed by atoms with E-state index in [4.69, 9.17) is 16.3 Å². The molecule has 0 unspecified atom stereocenters. The summed E-state index contributed by atoms with van der Waals surface area (Å²) in [6.45, 7) is 5.07. The van der Waals surface area contributed by atoms with Crippen molar-refractivity contribution in [3.05, 3.63) is 77.3 Å². The molecule has 5 rings (SSSR count). The lowest BCUT2D eigenvalue weighted by atomic mass is 10.0. The van der Waals surface area contributed by atoms with Gasteiger partial charge in [-0.2, -0.15) is 0 Å². The van der Waals surface area contributed by atoms with Crippen LogP contribution < -0.4 is 9.64 Å². The van der Waals surface area contributed by atoms with E-state index in [-0.39, 0.29) is 22.5 Å². The molecule has 0 spiro atoms. The predicted octanol–water partition coefficient (Wildman–Crippen LogP) is 5.24. The number of benzene rings is 2. The monoisotopic (exact) mass is 432 g/mol. The van der Waals surface area contributed by atoms with E-state index >= 15 is 0 Å². The Labute approximate surface area is 185 Å². The van der Waals surface area contributed by atoms with Crippen LogP contribution in [0.1, 0.15) is 35.7 Å². The number of carbonyl (C=O) groups excluding carboxylic acids is 1. The van der Waals surface area contributed by atoms with E-state index in [1.807, 2.05) is 24.3 Å². The Bertz CT molecular complexity index is 1280. The van der Waals surface area contributed by atoms with Crippen LogP contribution in [0.15, 0.2) is 61.1 Å². The number of ether oxygens (including phenoxy) is 1. The molecule has 0 aliphatic carbocycles. The van der Waals surface area contributed by atoms with Gasteiger partial charge >= 0.3 is 0 Å². The Morgan fingerprint density at radius 2 is 1.87 bits per heavy atom. The molecule has 31 heavy (non-hydrogen) atoms. The molecule has 0 radical (unpaired) electrons. The second kappa shape index (κ2) is 7.71. The molecule has 156 valence electrons. The molecular formula is C24H21ClN4O2. The number of carbonyl (C=O) groups is 1. The second-order valence-corrected chi connectivity index (χ2v) is 8.15. The van der Waals surface area contributed by atoms with Crippen LogP contribution in [0.5, 0.6) is 5.88 Å². The van der Waals surface area contributed by atoms with E-state index in [1.54, 1.807) is 4.90 Å². The molecule has 0 N–H and O–H groups in total. The van der Waals surface area contributed by atoms with Gasteiger partial charge in [-0.1, -0.05) is 43.6 Å². The van der Waals surface area contributed by atoms with Crippen LogP contribution in [0.25, 0.3) is 16.6 Å². The van der Waals surface area contributed by atoms with Gasteiger partial charge < -0.3 is 14.2 Å². The first-order chi connectivity index (χ1) is 15.0. The molecule has 1 aliphatic rings. The van der Waals surface area contributed by atoms with E-state index in [1.165, 1.54) is 11.9 Å². The minimum atomic E-state index is -0.258. The highest BCUT2D eigenvalue weighted by Crippen LogP contribution is 2.35. The zero-order chi connectivity index (χ0) is 21.5. The van der Waals surface area contributed by atoms with Crippen molar-refractivity contribution in [3.63, 3.8) is 0 Å². The molecule has 2 aromatic heterocycles. The van der Waals surface area contributed by atoms with Crippen molar-refractivity contribution in [2.24, 2.45) is 0 Å². The molecule has 2 aromatic carbocycles. The summed E-state index contributed by atoms with van der Waals surface area (Å²) in [6.07, 6.45) is 3.49. The minimum absolute atomic E-state index is 0.0982. The summed E-state index contributed by atoms with van der Waals surface area (Å²) in [4.78, 5) is 23.0. The molecule has 1 aliphatic heterocycles. The molecule has 0 fully saturated rings. The number of hydrogen-bond donors (Lipinski definition) is 0. The Kier molecular flexibility index (Phi) is 4.87. The van der Waals surface area contributed by atoms with Gasteiger partial charge in [0.05, 0.1) is 12.1 Å². The quantitative estimate of drug-likeness (QED) is 0.415. The summed E-state index contributed by atoms with van der Waals surface area (Å²) in [6, 6.07) is 16.4. The fourth-order valence-electron chi connectivity index (χ4n) is 4.03. The molecule has 1 amide bonds. The fourth-order valence-corrected chi connectivity index (χ4v) is 4.23. The molecule has 0 bridgehead atoms. The molecule has 0 atom stereocenters. The van der Waals surface area contributed by atoms with Gasteiger partial charge in [-0.25, -0.2) is 9.97 Å². The third-order valence-electron chi connectivity index (χ3n) is 5.57. The first kappa shape index (κ1) is 19.6. The molecule has 4 aromatic rings. The third kappa shape index (κ3) is 3.33. The summed E-state index contributed by atoms with van der Waals surface area (Å²) in [5.74, 6) is 0.298. The van der Waals surface area contributed by atoms with Gasteiger partial charge in [0, 0.05) is 23.0 Å². The lowest BCUT2D eigenvalue weighted by molar-refractivity contribution is 0.0989. The number of fused-ring (bicyclic) bond motifs is 2. The largest absolute Gasteiger partial charge is 0.475 e. The first-order valence-electron chi connectivity index (χ1n) is 10.2. The summed E-state index contributed by atoms with van der Waals surface area (Å²) in [7, 11) is 0. The normalized spacial score (nSPS) is 13.9. The van der Waals surface area contributed by atoms with Gasteiger partial charge in [0.1, 0.15) is 23.7 Å². The molecule has 0 saturated heterocycles. The summed E-state index contributed by atoms with van der Waals surface area (Å²) in [5, 5.41) is 1.21. The third-order valence-corrected chi connectivity index (χ3v) is 5.85. The van der Waals surface area contributed by atoms with Crippen molar-refractivity contribution in [2.75, 3.05) is 18.1 Å². The average molecular weight is 433 g/mol. The average Bonchev–Trinajstić information content (AvgIpc) is 3.07. The van der Waals surface area contributed by atoms with Crippen molar-refractivity contribution < 1.29 is 9.53 Å². The standard InChI is InChI=1S/C24H21ClN4O2/c1-15(2)19-13-29(16-6-4-3-5-7-16)20-9-8-17(12-18(19)20)28-10-11-31-23-21(24(28)30)22(25)26-14-27-23/h3-9,12-15H,10-11H2,1-2H3. The van der Waals surface area contributed by atoms with Crippen molar-refractivity contribution in [2.45, 2.75) is 19.8 Å². The highest BCUT2D eigenvalue weighted by Gasteiger charge is 2.29.